The van der Waals surface area contributed by atoms with Crippen LogP contribution in [0.5, 0.6) is 0 Å². The van der Waals surface area contributed by atoms with E-state index in [0.29, 0.717) is 24.9 Å². The van der Waals surface area contributed by atoms with Gasteiger partial charge in [-0.3, -0.25) is 14.5 Å². The first-order valence-electron chi connectivity index (χ1n) is 6.98. The molecule has 0 saturated carbocycles. The van der Waals surface area contributed by atoms with Gasteiger partial charge in [0.25, 0.3) is 0 Å². The van der Waals surface area contributed by atoms with Gasteiger partial charge in [-0.2, -0.15) is 0 Å². The van der Waals surface area contributed by atoms with E-state index < -0.39 is 0 Å². The SMILES string of the molecule is CC1(C)CC(=O)N(c2ccc(C#CCCO)cc2)C(=O)C1. The Hall–Kier alpha value is -2.12. The third kappa shape index (κ3) is 3.71. The van der Waals surface area contributed by atoms with Gasteiger partial charge in [0, 0.05) is 24.8 Å². The Labute approximate surface area is 124 Å². The van der Waals surface area contributed by atoms with Crippen LogP contribution in [0.4, 0.5) is 5.69 Å². The molecule has 0 bridgehead atoms. The number of hydrogen-bond acceptors (Lipinski definition) is 3. The lowest BCUT2D eigenvalue weighted by molar-refractivity contribution is -0.132. The predicted molar refractivity (Wildman–Crippen MR) is 80.5 cm³/mol. The highest BCUT2D eigenvalue weighted by Gasteiger charge is 2.38. The van der Waals surface area contributed by atoms with Crippen LogP contribution in [0.1, 0.15) is 38.7 Å². The van der Waals surface area contributed by atoms with Crippen molar-refractivity contribution >= 4 is 17.5 Å². The Bertz CT molecular complexity index is 585. The molecule has 4 heteroatoms. The summed E-state index contributed by atoms with van der Waals surface area (Å²) in [7, 11) is 0. The Morgan fingerprint density at radius 2 is 1.71 bits per heavy atom. The van der Waals surface area contributed by atoms with E-state index in [0.717, 1.165) is 5.56 Å². The van der Waals surface area contributed by atoms with Gasteiger partial charge < -0.3 is 5.11 Å². The van der Waals surface area contributed by atoms with Gasteiger partial charge in [-0.15, -0.1) is 0 Å². The summed E-state index contributed by atoms with van der Waals surface area (Å²) in [4.78, 5) is 25.6. The molecular weight excluding hydrogens is 266 g/mol. The Morgan fingerprint density at radius 3 is 2.24 bits per heavy atom. The molecule has 1 N–H and O–H groups in total. The Kier molecular flexibility index (Phi) is 4.44. The number of piperidine rings is 1. The lowest BCUT2D eigenvalue weighted by atomic mass is 9.81. The van der Waals surface area contributed by atoms with Crippen LogP contribution < -0.4 is 4.90 Å². The van der Waals surface area contributed by atoms with Gasteiger partial charge in [0.05, 0.1) is 12.3 Å². The molecule has 21 heavy (non-hydrogen) atoms. The maximum atomic E-state index is 12.2. The van der Waals surface area contributed by atoms with E-state index in [1.165, 1.54) is 4.90 Å². The minimum atomic E-state index is -0.264. The molecule has 0 radical (unpaired) electrons. The summed E-state index contributed by atoms with van der Waals surface area (Å²) in [6.07, 6.45) is 1.17. The lowest BCUT2D eigenvalue weighted by Gasteiger charge is -2.34. The molecule has 1 fully saturated rings. The predicted octanol–water partition coefficient (Wildman–Crippen LogP) is 2.10. The molecular formula is C17H19NO3. The van der Waals surface area contributed by atoms with E-state index in [4.69, 9.17) is 5.11 Å². The summed E-state index contributed by atoms with van der Waals surface area (Å²) in [5.41, 5.74) is 1.12. The summed E-state index contributed by atoms with van der Waals surface area (Å²) < 4.78 is 0. The van der Waals surface area contributed by atoms with Gasteiger partial charge in [0.15, 0.2) is 0 Å². The van der Waals surface area contributed by atoms with Gasteiger partial charge in [-0.25, -0.2) is 0 Å². The van der Waals surface area contributed by atoms with Crippen molar-refractivity contribution in [3.8, 4) is 11.8 Å². The van der Waals surface area contributed by atoms with Crippen LogP contribution in [0.25, 0.3) is 0 Å². The second kappa shape index (κ2) is 6.11. The minimum absolute atomic E-state index is 0.0393. The highest BCUT2D eigenvalue weighted by atomic mass is 16.2. The van der Waals surface area contributed by atoms with Crippen LogP contribution >= 0.6 is 0 Å². The summed E-state index contributed by atoms with van der Waals surface area (Å²) in [6, 6.07) is 7.02. The molecule has 1 aromatic rings. The van der Waals surface area contributed by atoms with Crippen molar-refractivity contribution < 1.29 is 14.7 Å². The topological polar surface area (TPSA) is 57.6 Å². The summed E-state index contributed by atoms with van der Waals surface area (Å²) in [6.45, 7) is 3.90. The van der Waals surface area contributed by atoms with E-state index in [9.17, 15) is 9.59 Å². The number of benzene rings is 1. The van der Waals surface area contributed by atoms with Crippen LogP contribution in [0.2, 0.25) is 0 Å². The number of aliphatic hydroxyl groups is 1. The molecule has 1 saturated heterocycles. The molecule has 1 aromatic carbocycles. The summed E-state index contributed by atoms with van der Waals surface area (Å²) in [5.74, 6) is 5.43. The van der Waals surface area contributed by atoms with Crippen LogP contribution in [0.15, 0.2) is 24.3 Å². The van der Waals surface area contributed by atoms with Crippen LogP contribution in [-0.2, 0) is 9.59 Å². The smallest absolute Gasteiger partial charge is 0.234 e. The molecule has 2 rings (SSSR count). The van der Waals surface area contributed by atoms with Crippen LogP contribution in [-0.4, -0.2) is 23.5 Å². The van der Waals surface area contributed by atoms with Crippen molar-refractivity contribution in [3.05, 3.63) is 29.8 Å². The molecule has 0 aliphatic carbocycles. The van der Waals surface area contributed by atoms with E-state index in [1.807, 2.05) is 13.8 Å². The molecule has 110 valence electrons. The second-order valence-electron chi connectivity index (χ2n) is 5.96. The van der Waals surface area contributed by atoms with Crippen molar-refractivity contribution in [2.75, 3.05) is 11.5 Å². The Morgan fingerprint density at radius 1 is 1.14 bits per heavy atom. The zero-order valence-corrected chi connectivity index (χ0v) is 12.3. The van der Waals surface area contributed by atoms with Gasteiger partial charge in [0.2, 0.25) is 11.8 Å². The molecule has 0 atom stereocenters. The fourth-order valence-corrected chi connectivity index (χ4v) is 2.38. The summed E-state index contributed by atoms with van der Waals surface area (Å²) >= 11 is 0. The second-order valence-corrected chi connectivity index (χ2v) is 5.96. The molecule has 4 nitrogen and oxygen atoms in total. The quantitative estimate of drug-likeness (QED) is 0.668. The fraction of sp³-hybridized carbons (Fsp3) is 0.412. The number of carbonyl (C=O) groups is 2. The first-order chi connectivity index (χ1) is 9.93. The number of carbonyl (C=O) groups excluding carboxylic acids is 2. The highest BCUT2D eigenvalue weighted by molar-refractivity contribution is 6.16. The molecule has 1 heterocycles. The molecule has 2 amide bonds. The largest absolute Gasteiger partial charge is 0.395 e. The molecule has 0 spiro atoms. The third-order valence-corrected chi connectivity index (χ3v) is 3.35. The number of amides is 2. The number of nitrogens with zero attached hydrogens (tertiary/aromatic N) is 1. The van der Waals surface area contributed by atoms with Crippen molar-refractivity contribution in [3.63, 3.8) is 0 Å². The first kappa shape index (κ1) is 15.3. The first-order valence-corrected chi connectivity index (χ1v) is 6.98. The number of anilines is 1. The van der Waals surface area contributed by atoms with Crippen molar-refractivity contribution in [2.45, 2.75) is 33.1 Å². The van der Waals surface area contributed by atoms with Gasteiger partial charge >= 0.3 is 0 Å². The number of aliphatic hydroxyl groups excluding tert-OH is 1. The molecule has 1 aliphatic heterocycles. The average molecular weight is 285 g/mol. The minimum Gasteiger partial charge on any atom is -0.395 e. The highest BCUT2D eigenvalue weighted by Crippen LogP contribution is 2.33. The standard InChI is InChI=1S/C17H19NO3/c1-17(2)11-15(20)18(16(21)12-17)14-8-6-13(7-9-14)5-3-4-10-19/h6-9,19H,4,10-12H2,1-2H3. The number of rotatable bonds is 2. The molecule has 0 unspecified atom stereocenters. The number of hydrogen-bond donors (Lipinski definition) is 1. The summed E-state index contributed by atoms with van der Waals surface area (Å²) in [5, 5.41) is 8.68. The van der Waals surface area contributed by atoms with Crippen LogP contribution in [0, 0.1) is 17.3 Å². The maximum absolute atomic E-state index is 12.2. The lowest BCUT2D eigenvalue weighted by Crippen LogP contribution is -2.46. The monoisotopic (exact) mass is 285 g/mol. The van der Waals surface area contributed by atoms with Crippen molar-refractivity contribution in [2.24, 2.45) is 5.41 Å². The van der Waals surface area contributed by atoms with Gasteiger partial charge in [0.1, 0.15) is 0 Å². The third-order valence-electron chi connectivity index (χ3n) is 3.35. The van der Waals surface area contributed by atoms with Crippen molar-refractivity contribution in [1.29, 1.82) is 0 Å². The van der Waals surface area contributed by atoms with E-state index in [1.54, 1.807) is 24.3 Å². The van der Waals surface area contributed by atoms with E-state index in [-0.39, 0.29) is 23.8 Å². The fourth-order valence-electron chi connectivity index (χ4n) is 2.38. The average Bonchev–Trinajstić information content (AvgIpc) is 2.38. The van der Waals surface area contributed by atoms with Crippen LogP contribution in [0.3, 0.4) is 0 Å². The zero-order chi connectivity index (χ0) is 15.5. The van der Waals surface area contributed by atoms with E-state index in [2.05, 4.69) is 11.8 Å². The Balaban J connectivity index is 2.18. The van der Waals surface area contributed by atoms with E-state index >= 15 is 0 Å². The maximum Gasteiger partial charge on any atom is 0.234 e. The normalized spacial score (nSPS) is 17.4. The molecule has 0 aromatic heterocycles. The van der Waals surface area contributed by atoms with Crippen molar-refractivity contribution in [1.82, 2.24) is 0 Å². The van der Waals surface area contributed by atoms with Gasteiger partial charge in [-0.1, -0.05) is 25.7 Å². The zero-order valence-electron chi connectivity index (χ0n) is 12.3. The molecule has 1 aliphatic rings. The van der Waals surface area contributed by atoms with Gasteiger partial charge in [-0.05, 0) is 29.7 Å². The number of imide groups is 1.